The first-order valence-corrected chi connectivity index (χ1v) is 5.55. The Morgan fingerprint density at radius 3 is 2.56 bits per heavy atom. The molecule has 4 heteroatoms. The summed E-state index contributed by atoms with van der Waals surface area (Å²) < 4.78 is 0. The van der Waals surface area contributed by atoms with Gasteiger partial charge in [-0.25, -0.2) is 0 Å². The van der Waals surface area contributed by atoms with Crippen molar-refractivity contribution in [2.45, 2.75) is 25.9 Å². The van der Waals surface area contributed by atoms with Gasteiger partial charge in [-0.2, -0.15) is 0 Å². The summed E-state index contributed by atoms with van der Waals surface area (Å²) in [5.41, 5.74) is 1.42. The zero-order valence-corrected chi connectivity index (χ0v) is 9.32. The molecule has 90 valence electrons. The van der Waals surface area contributed by atoms with Crippen LogP contribution in [0.25, 0.3) is 0 Å². The second-order valence-electron chi connectivity index (χ2n) is 3.71. The van der Waals surface area contributed by atoms with Crippen molar-refractivity contribution in [3.8, 4) is 5.75 Å². The first-order chi connectivity index (χ1) is 7.77. The highest BCUT2D eigenvalue weighted by atomic mass is 16.3. The summed E-state index contributed by atoms with van der Waals surface area (Å²) in [5, 5.41) is 30.1. The lowest BCUT2D eigenvalue weighted by molar-refractivity contribution is 0.275. The highest BCUT2D eigenvalue weighted by molar-refractivity contribution is 5.50. The van der Waals surface area contributed by atoms with Crippen molar-refractivity contribution >= 4 is 5.69 Å². The predicted octanol–water partition coefficient (Wildman–Crippen LogP) is 1.46. The molecule has 0 heterocycles. The zero-order valence-electron chi connectivity index (χ0n) is 9.32. The molecule has 0 aromatic heterocycles. The molecule has 0 aliphatic carbocycles. The summed E-state index contributed by atoms with van der Waals surface area (Å²) in [6, 6.07) is 5.09. The van der Waals surface area contributed by atoms with Gasteiger partial charge in [0.1, 0.15) is 5.75 Å². The number of benzene rings is 1. The Hall–Kier alpha value is -1.26. The minimum atomic E-state index is -0.161. The van der Waals surface area contributed by atoms with Crippen LogP contribution in [0.4, 0.5) is 5.69 Å². The minimum Gasteiger partial charge on any atom is -0.508 e. The van der Waals surface area contributed by atoms with Crippen molar-refractivity contribution in [1.29, 1.82) is 0 Å². The van der Waals surface area contributed by atoms with Gasteiger partial charge in [-0.1, -0.05) is 0 Å². The van der Waals surface area contributed by atoms with E-state index in [4.69, 9.17) is 10.2 Å². The van der Waals surface area contributed by atoms with E-state index in [-0.39, 0.29) is 19.0 Å². The van der Waals surface area contributed by atoms with E-state index in [1.807, 2.05) is 0 Å². The lowest BCUT2D eigenvalue weighted by atomic mass is 10.2. The third kappa shape index (κ3) is 4.08. The maximum Gasteiger partial charge on any atom is 0.121 e. The van der Waals surface area contributed by atoms with Gasteiger partial charge in [0.15, 0.2) is 0 Å². The Kier molecular flexibility index (Phi) is 5.67. The van der Waals surface area contributed by atoms with Crippen molar-refractivity contribution in [2.75, 3.05) is 18.5 Å². The summed E-state index contributed by atoms with van der Waals surface area (Å²) in [4.78, 5) is 0. The molecule has 0 spiro atoms. The summed E-state index contributed by atoms with van der Waals surface area (Å²) in [6.45, 7) is 0.912. The molecule has 1 aromatic rings. The number of rotatable bonds is 7. The zero-order chi connectivity index (χ0) is 11.8. The van der Waals surface area contributed by atoms with Gasteiger partial charge in [0.05, 0.1) is 6.61 Å². The normalized spacial score (nSPS) is 10.4. The fourth-order valence-electron chi connectivity index (χ4n) is 1.47. The predicted molar refractivity (Wildman–Crippen MR) is 63.5 cm³/mol. The monoisotopic (exact) mass is 225 g/mol. The van der Waals surface area contributed by atoms with Crippen LogP contribution in [0.2, 0.25) is 0 Å². The van der Waals surface area contributed by atoms with Crippen LogP contribution in [0.5, 0.6) is 5.75 Å². The molecule has 16 heavy (non-hydrogen) atoms. The van der Waals surface area contributed by atoms with Gasteiger partial charge in [-0.3, -0.25) is 0 Å². The first kappa shape index (κ1) is 12.8. The molecular weight excluding hydrogens is 206 g/mol. The molecule has 0 saturated heterocycles. The third-order valence-corrected chi connectivity index (χ3v) is 2.41. The maximum absolute atomic E-state index is 9.36. The van der Waals surface area contributed by atoms with Crippen molar-refractivity contribution in [3.05, 3.63) is 23.8 Å². The number of aromatic hydroxyl groups is 1. The molecule has 0 unspecified atom stereocenters. The average Bonchev–Trinajstić information content (AvgIpc) is 2.31. The largest absolute Gasteiger partial charge is 0.508 e. The van der Waals surface area contributed by atoms with E-state index >= 15 is 0 Å². The Labute approximate surface area is 95.6 Å². The number of nitrogens with one attached hydrogen (secondary N) is 1. The van der Waals surface area contributed by atoms with E-state index in [0.29, 0.717) is 5.56 Å². The quantitative estimate of drug-likeness (QED) is 0.419. The van der Waals surface area contributed by atoms with E-state index in [2.05, 4.69) is 5.32 Å². The maximum atomic E-state index is 9.36. The molecule has 0 fully saturated rings. The molecule has 0 saturated carbocycles. The smallest absolute Gasteiger partial charge is 0.121 e. The number of unbranched alkanes of at least 4 members (excludes halogenated alkanes) is 2. The van der Waals surface area contributed by atoms with Gasteiger partial charge in [0.2, 0.25) is 0 Å². The number of aliphatic hydroxyl groups is 2. The van der Waals surface area contributed by atoms with Crippen LogP contribution < -0.4 is 5.32 Å². The van der Waals surface area contributed by atoms with E-state index in [1.54, 1.807) is 18.2 Å². The Morgan fingerprint density at radius 2 is 1.88 bits per heavy atom. The van der Waals surface area contributed by atoms with Crippen LogP contribution in [-0.2, 0) is 6.61 Å². The van der Waals surface area contributed by atoms with Gasteiger partial charge in [-0.15, -0.1) is 0 Å². The summed E-state index contributed by atoms with van der Waals surface area (Å²) >= 11 is 0. The van der Waals surface area contributed by atoms with Gasteiger partial charge in [0, 0.05) is 24.4 Å². The molecule has 0 bridgehead atoms. The molecule has 1 aromatic carbocycles. The van der Waals surface area contributed by atoms with Crippen molar-refractivity contribution in [3.63, 3.8) is 0 Å². The van der Waals surface area contributed by atoms with Gasteiger partial charge >= 0.3 is 0 Å². The van der Waals surface area contributed by atoms with Crippen LogP contribution in [0.1, 0.15) is 24.8 Å². The minimum absolute atomic E-state index is 0.119. The number of anilines is 1. The Morgan fingerprint density at radius 1 is 1.06 bits per heavy atom. The Bertz CT molecular complexity index is 315. The van der Waals surface area contributed by atoms with Crippen LogP contribution in [0, 0.1) is 0 Å². The lowest BCUT2D eigenvalue weighted by Gasteiger charge is -2.08. The van der Waals surface area contributed by atoms with Gasteiger partial charge in [0.25, 0.3) is 0 Å². The van der Waals surface area contributed by atoms with Crippen LogP contribution >= 0.6 is 0 Å². The second kappa shape index (κ2) is 7.09. The van der Waals surface area contributed by atoms with Crippen LogP contribution in [0.3, 0.4) is 0 Å². The standard InChI is InChI=1S/C12H19NO3/c14-7-3-1-2-6-13-11-4-5-12(16)10(8-11)9-15/h4-5,8,13-16H,1-3,6-7,9H2. The number of aliphatic hydroxyl groups excluding tert-OH is 2. The third-order valence-electron chi connectivity index (χ3n) is 2.41. The summed E-state index contributed by atoms with van der Waals surface area (Å²) in [7, 11) is 0. The SMILES string of the molecule is OCCCCCNc1ccc(O)c(CO)c1. The molecule has 4 N–H and O–H groups in total. The van der Waals surface area contributed by atoms with E-state index in [0.717, 1.165) is 31.5 Å². The molecule has 0 atom stereocenters. The topological polar surface area (TPSA) is 72.7 Å². The average molecular weight is 225 g/mol. The molecular formula is C12H19NO3. The van der Waals surface area contributed by atoms with E-state index in [9.17, 15) is 5.11 Å². The van der Waals surface area contributed by atoms with Crippen molar-refractivity contribution in [1.82, 2.24) is 0 Å². The highest BCUT2D eigenvalue weighted by Crippen LogP contribution is 2.21. The highest BCUT2D eigenvalue weighted by Gasteiger charge is 2.00. The molecule has 0 radical (unpaired) electrons. The molecule has 0 aliphatic rings. The lowest BCUT2D eigenvalue weighted by Crippen LogP contribution is -2.02. The summed E-state index contributed by atoms with van der Waals surface area (Å²) in [5.74, 6) is 0.119. The van der Waals surface area contributed by atoms with Gasteiger partial charge in [-0.05, 0) is 37.5 Å². The fraction of sp³-hybridized carbons (Fsp3) is 0.500. The van der Waals surface area contributed by atoms with Crippen molar-refractivity contribution in [2.24, 2.45) is 0 Å². The number of phenols is 1. The summed E-state index contributed by atoms with van der Waals surface area (Å²) in [6.07, 6.45) is 2.82. The first-order valence-electron chi connectivity index (χ1n) is 5.55. The molecule has 4 nitrogen and oxygen atoms in total. The van der Waals surface area contributed by atoms with E-state index < -0.39 is 0 Å². The molecule has 0 amide bonds. The van der Waals surface area contributed by atoms with Crippen molar-refractivity contribution < 1.29 is 15.3 Å². The van der Waals surface area contributed by atoms with Crippen LogP contribution in [0.15, 0.2) is 18.2 Å². The molecule has 0 aliphatic heterocycles. The fourth-order valence-corrected chi connectivity index (χ4v) is 1.47. The number of hydrogen-bond donors (Lipinski definition) is 4. The van der Waals surface area contributed by atoms with Gasteiger partial charge < -0.3 is 20.6 Å². The molecule has 1 rings (SSSR count). The van der Waals surface area contributed by atoms with E-state index in [1.165, 1.54) is 0 Å². The van der Waals surface area contributed by atoms with Crippen LogP contribution in [-0.4, -0.2) is 28.5 Å². The second-order valence-corrected chi connectivity index (χ2v) is 3.71. The Balaban J connectivity index is 2.36. The number of hydrogen-bond acceptors (Lipinski definition) is 4.